The molecule has 0 aliphatic carbocycles. The number of nitrogens with zero attached hydrogens (tertiary/aromatic N) is 2. The topological polar surface area (TPSA) is 110 Å². The molecule has 3 rings (SSSR count). The number of aromatic nitrogens is 2. The van der Waals surface area contributed by atoms with Gasteiger partial charge >= 0.3 is 0 Å². The number of ketones is 1. The molecule has 10 heteroatoms. The van der Waals surface area contributed by atoms with Crippen LogP contribution in [0.4, 0.5) is 4.39 Å². The highest BCUT2D eigenvalue weighted by Crippen LogP contribution is 2.15. The minimum absolute atomic E-state index is 0.00589. The first-order valence-electron chi connectivity index (χ1n) is 9.40. The van der Waals surface area contributed by atoms with Crippen molar-refractivity contribution in [2.24, 2.45) is 0 Å². The van der Waals surface area contributed by atoms with E-state index >= 15 is 0 Å². The van der Waals surface area contributed by atoms with Crippen LogP contribution in [0.25, 0.3) is 5.69 Å². The maximum absolute atomic E-state index is 14.2. The Morgan fingerprint density at radius 3 is 2.48 bits per heavy atom. The summed E-state index contributed by atoms with van der Waals surface area (Å²) in [6.07, 6.45) is 4.57. The van der Waals surface area contributed by atoms with Gasteiger partial charge in [-0.3, -0.25) is 9.59 Å². The Morgan fingerprint density at radius 2 is 1.87 bits per heavy atom. The van der Waals surface area contributed by atoms with E-state index in [1.54, 1.807) is 24.5 Å². The van der Waals surface area contributed by atoms with Crippen molar-refractivity contribution in [2.75, 3.05) is 6.54 Å². The summed E-state index contributed by atoms with van der Waals surface area (Å²) in [4.78, 5) is 27.2. The molecule has 0 fully saturated rings. The van der Waals surface area contributed by atoms with Gasteiger partial charge in [0.05, 0.1) is 16.9 Å². The summed E-state index contributed by atoms with van der Waals surface area (Å²) in [7, 11) is -3.80. The predicted octanol–water partition coefficient (Wildman–Crippen LogP) is 2.20. The number of imidazole rings is 1. The van der Waals surface area contributed by atoms with Crippen molar-refractivity contribution in [3.8, 4) is 5.69 Å². The lowest BCUT2D eigenvalue weighted by molar-refractivity contribution is -0.121. The fourth-order valence-electron chi connectivity index (χ4n) is 2.81. The fraction of sp³-hybridized carbons (Fsp3) is 0.190. The Bertz CT molecular complexity index is 1180. The Kier molecular flexibility index (Phi) is 6.93. The normalized spacial score (nSPS) is 11.3. The van der Waals surface area contributed by atoms with Crippen LogP contribution < -0.4 is 10.0 Å². The molecule has 1 heterocycles. The maximum atomic E-state index is 14.2. The molecule has 0 saturated carbocycles. The third-order valence-electron chi connectivity index (χ3n) is 4.50. The summed E-state index contributed by atoms with van der Waals surface area (Å²) in [5.41, 5.74) is 1.33. The molecule has 2 N–H and O–H groups in total. The molecule has 1 aromatic heterocycles. The molecule has 0 unspecified atom stereocenters. The van der Waals surface area contributed by atoms with E-state index in [9.17, 15) is 22.4 Å². The number of carbonyl (C=O) groups excluding carboxylic acids is 2. The second kappa shape index (κ2) is 9.63. The van der Waals surface area contributed by atoms with Gasteiger partial charge in [0.1, 0.15) is 5.82 Å². The predicted molar refractivity (Wildman–Crippen MR) is 112 cm³/mol. The zero-order valence-electron chi connectivity index (χ0n) is 16.7. The van der Waals surface area contributed by atoms with Crippen molar-refractivity contribution in [3.63, 3.8) is 0 Å². The van der Waals surface area contributed by atoms with E-state index in [0.717, 1.165) is 0 Å². The smallest absolute Gasteiger partial charge is 0.240 e. The first-order chi connectivity index (χ1) is 14.8. The first-order valence-corrected chi connectivity index (χ1v) is 10.9. The van der Waals surface area contributed by atoms with Crippen molar-refractivity contribution in [3.05, 3.63) is 78.1 Å². The SMILES string of the molecule is CC(=O)c1ccc(S(=O)(=O)NCCC(=O)NCc2ccc(-n3ccnc3)c(F)c2)cc1. The Hall–Kier alpha value is -3.37. The van der Waals surface area contributed by atoms with Crippen molar-refractivity contribution < 1.29 is 22.4 Å². The zero-order chi connectivity index (χ0) is 22.4. The van der Waals surface area contributed by atoms with Crippen molar-refractivity contribution in [1.82, 2.24) is 19.6 Å². The molecular weight excluding hydrogens is 423 g/mol. The molecule has 0 radical (unpaired) electrons. The van der Waals surface area contributed by atoms with E-state index in [1.165, 1.54) is 48.1 Å². The van der Waals surface area contributed by atoms with E-state index in [0.29, 0.717) is 16.8 Å². The maximum Gasteiger partial charge on any atom is 0.240 e. The molecule has 31 heavy (non-hydrogen) atoms. The molecular formula is C21H21FN4O4S. The van der Waals surface area contributed by atoms with Crippen LogP contribution in [-0.4, -0.2) is 36.2 Å². The number of benzene rings is 2. The number of rotatable bonds is 9. The highest BCUT2D eigenvalue weighted by molar-refractivity contribution is 7.89. The van der Waals surface area contributed by atoms with Gasteiger partial charge in [0, 0.05) is 37.5 Å². The highest BCUT2D eigenvalue weighted by atomic mass is 32.2. The number of nitrogens with one attached hydrogen (secondary N) is 2. The molecule has 3 aromatic rings. The van der Waals surface area contributed by atoms with Gasteiger partial charge in [-0.1, -0.05) is 18.2 Å². The van der Waals surface area contributed by atoms with Gasteiger partial charge in [-0.25, -0.2) is 22.5 Å². The molecule has 0 spiro atoms. The third-order valence-corrected chi connectivity index (χ3v) is 5.98. The van der Waals surface area contributed by atoms with Crippen molar-refractivity contribution in [2.45, 2.75) is 24.8 Å². The minimum atomic E-state index is -3.80. The molecule has 0 bridgehead atoms. The van der Waals surface area contributed by atoms with Crippen molar-refractivity contribution in [1.29, 1.82) is 0 Å². The van der Waals surface area contributed by atoms with Gasteiger partial charge in [0.25, 0.3) is 0 Å². The molecule has 0 aliphatic heterocycles. The molecule has 8 nitrogen and oxygen atoms in total. The van der Waals surface area contributed by atoms with Gasteiger partial charge in [-0.05, 0) is 36.8 Å². The van der Waals surface area contributed by atoms with Crippen LogP contribution in [0.5, 0.6) is 0 Å². The van der Waals surface area contributed by atoms with Gasteiger partial charge in [-0.15, -0.1) is 0 Å². The Labute approximate surface area is 179 Å². The molecule has 162 valence electrons. The fourth-order valence-corrected chi connectivity index (χ4v) is 3.84. The standard InChI is InChI=1S/C21H21FN4O4S/c1-15(27)17-3-5-18(6-4-17)31(29,30)25-9-8-21(28)24-13-16-2-7-20(19(22)12-16)26-11-10-23-14-26/h2-7,10-12,14,25H,8-9,13H2,1H3,(H,24,28). The van der Waals surface area contributed by atoms with Crippen LogP contribution in [0.15, 0.2) is 66.1 Å². The van der Waals surface area contributed by atoms with Gasteiger partial charge in [-0.2, -0.15) is 0 Å². The first kappa shape index (κ1) is 22.3. The Morgan fingerprint density at radius 1 is 1.13 bits per heavy atom. The lowest BCUT2D eigenvalue weighted by Crippen LogP contribution is -2.30. The summed E-state index contributed by atoms with van der Waals surface area (Å²) < 4.78 is 42.7. The van der Waals surface area contributed by atoms with E-state index in [-0.39, 0.29) is 36.1 Å². The van der Waals surface area contributed by atoms with E-state index in [1.807, 2.05) is 0 Å². The number of amides is 1. The van der Waals surface area contributed by atoms with Crippen LogP contribution >= 0.6 is 0 Å². The number of hydrogen-bond donors (Lipinski definition) is 2. The van der Waals surface area contributed by atoms with E-state index < -0.39 is 15.8 Å². The number of hydrogen-bond acceptors (Lipinski definition) is 5. The van der Waals surface area contributed by atoms with Gasteiger partial charge in [0.15, 0.2) is 5.78 Å². The zero-order valence-corrected chi connectivity index (χ0v) is 17.5. The molecule has 0 atom stereocenters. The molecule has 0 aliphatic rings. The number of sulfonamides is 1. The summed E-state index contributed by atoms with van der Waals surface area (Å²) >= 11 is 0. The number of Topliss-reactive ketones (excluding diaryl/α,β-unsaturated/α-hetero) is 1. The summed E-state index contributed by atoms with van der Waals surface area (Å²) in [6, 6.07) is 10.1. The number of carbonyl (C=O) groups is 2. The van der Waals surface area contributed by atoms with Crippen LogP contribution in [0.3, 0.4) is 0 Å². The lowest BCUT2D eigenvalue weighted by Gasteiger charge is -2.09. The van der Waals surface area contributed by atoms with Crippen LogP contribution in [-0.2, 0) is 21.4 Å². The van der Waals surface area contributed by atoms with Crippen LogP contribution in [0, 0.1) is 5.82 Å². The van der Waals surface area contributed by atoms with Crippen molar-refractivity contribution >= 4 is 21.7 Å². The second-order valence-corrected chi connectivity index (χ2v) is 8.53. The summed E-state index contributed by atoms with van der Waals surface area (Å²) in [5.74, 6) is -0.994. The monoisotopic (exact) mass is 444 g/mol. The lowest BCUT2D eigenvalue weighted by atomic mass is 10.2. The molecule has 1 amide bonds. The summed E-state index contributed by atoms with van der Waals surface area (Å²) in [6.45, 7) is 1.40. The molecule has 0 saturated heterocycles. The van der Waals surface area contributed by atoms with E-state index in [4.69, 9.17) is 0 Å². The largest absolute Gasteiger partial charge is 0.352 e. The highest BCUT2D eigenvalue weighted by Gasteiger charge is 2.15. The van der Waals surface area contributed by atoms with Gasteiger partial charge < -0.3 is 9.88 Å². The average molecular weight is 444 g/mol. The summed E-state index contributed by atoms with van der Waals surface area (Å²) in [5, 5.41) is 2.63. The van der Waals surface area contributed by atoms with E-state index in [2.05, 4.69) is 15.0 Å². The minimum Gasteiger partial charge on any atom is -0.352 e. The third kappa shape index (κ3) is 5.83. The van der Waals surface area contributed by atoms with Crippen LogP contribution in [0.2, 0.25) is 0 Å². The number of halogens is 1. The van der Waals surface area contributed by atoms with Gasteiger partial charge in [0.2, 0.25) is 15.9 Å². The second-order valence-electron chi connectivity index (χ2n) is 6.76. The van der Waals surface area contributed by atoms with Crippen LogP contribution in [0.1, 0.15) is 29.3 Å². The molecule has 2 aromatic carbocycles. The quantitative estimate of drug-likeness (QED) is 0.492. The Balaban J connectivity index is 1.48. The average Bonchev–Trinajstić information content (AvgIpc) is 3.27.